The van der Waals surface area contributed by atoms with Crippen LogP contribution in [-0.2, 0) is 0 Å². The lowest BCUT2D eigenvalue weighted by molar-refractivity contribution is -0.389. The zero-order valence-electron chi connectivity index (χ0n) is 8.32. The molecule has 0 radical (unpaired) electrons. The summed E-state index contributed by atoms with van der Waals surface area (Å²) in [6, 6.07) is 0.677. The van der Waals surface area contributed by atoms with E-state index in [0.29, 0.717) is 6.07 Å². The second kappa shape index (κ2) is 4.36. The van der Waals surface area contributed by atoms with Crippen LogP contribution in [0.25, 0.3) is 0 Å². The van der Waals surface area contributed by atoms with Crippen molar-refractivity contribution in [1.82, 2.24) is 4.98 Å². The molecule has 1 aromatic heterocycles. The van der Waals surface area contributed by atoms with Crippen LogP contribution in [0, 0.1) is 17.0 Å². The van der Waals surface area contributed by atoms with Crippen molar-refractivity contribution in [1.29, 1.82) is 0 Å². The lowest BCUT2D eigenvalue weighted by Gasteiger charge is -2.09. The summed E-state index contributed by atoms with van der Waals surface area (Å²) in [5, 5.41) is 10.5. The van der Waals surface area contributed by atoms with Gasteiger partial charge in [0.1, 0.15) is 0 Å². The summed E-state index contributed by atoms with van der Waals surface area (Å²) in [6.45, 7) is 1.23. The Morgan fingerprint density at radius 2 is 2.12 bits per heavy atom. The zero-order chi connectivity index (χ0) is 13.2. The number of nitrogens with zero attached hydrogens (tertiary/aromatic N) is 2. The van der Waals surface area contributed by atoms with Crippen molar-refractivity contribution in [3.8, 4) is 5.88 Å². The molecule has 0 aliphatic carbocycles. The van der Waals surface area contributed by atoms with E-state index in [-0.39, 0.29) is 17.5 Å². The van der Waals surface area contributed by atoms with Crippen LogP contribution in [0.5, 0.6) is 5.88 Å². The zero-order valence-corrected chi connectivity index (χ0v) is 8.32. The fourth-order valence-electron chi connectivity index (χ4n) is 1.02. The highest BCUT2D eigenvalue weighted by Gasteiger charge is 2.35. The Bertz CT molecular complexity index is 473. The average molecular weight is 250 g/mol. The molecule has 0 N–H and O–H groups in total. The number of halogens is 3. The largest absolute Gasteiger partial charge is 0.574 e. The van der Waals surface area contributed by atoms with Crippen LogP contribution in [0.1, 0.15) is 16.1 Å². The van der Waals surface area contributed by atoms with E-state index in [1.165, 1.54) is 6.92 Å². The third-order valence-corrected chi connectivity index (χ3v) is 1.73. The highest BCUT2D eigenvalue weighted by atomic mass is 19.4. The normalized spacial score (nSPS) is 11.1. The van der Waals surface area contributed by atoms with E-state index in [1.54, 1.807) is 0 Å². The molecule has 0 amide bonds. The summed E-state index contributed by atoms with van der Waals surface area (Å²) >= 11 is 0. The van der Waals surface area contributed by atoms with Crippen LogP contribution in [0.2, 0.25) is 0 Å². The van der Waals surface area contributed by atoms with E-state index in [4.69, 9.17) is 0 Å². The van der Waals surface area contributed by atoms with E-state index in [2.05, 4.69) is 9.72 Å². The predicted molar refractivity (Wildman–Crippen MR) is 47.7 cm³/mol. The maximum absolute atomic E-state index is 11.9. The lowest BCUT2D eigenvalue weighted by Crippen LogP contribution is -2.19. The first kappa shape index (κ1) is 12.9. The highest BCUT2D eigenvalue weighted by molar-refractivity contribution is 5.78. The highest BCUT2D eigenvalue weighted by Crippen LogP contribution is 2.31. The van der Waals surface area contributed by atoms with Gasteiger partial charge in [-0.3, -0.25) is 14.9 Å². The lowest BCUT2D eigenvalue weighted by atomic mass is 10.2. The van der Waals surface area contributed by atoms with Gasteiger partial charge in [-0.2, -0.15) is 0 Å². The molecule has 92 valence electrons. The predicted octanol–water partition coefficient (Wildman–Crippen LogP) is 2.01. The van der Waals surface area contributed by atoms with Gasteiger partial charge in [0.25, 0.3) is 0 Å². The van der Waals surface area contributed by atoms with Crippen molar-refractivity contribution in [2.24, 2.45) is 0 Å². The molecule has 0 aliphatic rings. The number of hydrogen-bond donors (Lipinski definition) is 0. The Balaban J connectivity index is 3.33. The number of hydrogen-bond acceptors (Lipinski definition) is 5. The molecule has 0 spiro atoms. The summed E-state index contributed by atoms with van der Waals surface area (Å²) in [6.07, 6.45) is -4.83. The molecule has 17 heavy (non-hydrogen) atoms. The van der Waals surface area contributed by atoms with Crippen LogP contribution >= 0.6 is 0 Å². The molecule has 0 fully saturated rings. The number of aldehydes is 1. The fraction of sp³-hybridized carbons (Fsp3) is 0.250. The maximum Gasteiger partial charge on any atom is 0.574 e. The van der Waals surface area contributed by atoms with Crippen LogP contribution in [0.4, 0.5) is 18.9 Å². The second-order valence-electron chi connectivity index (χ2n) is 2.91. The van der Waals surface area contributed by atoms with Gasteiger partial charge in [-0.25, -0.2) is 4.98 Å². The van der Waals surface area contributed by atoms with Crippen LogP contribution in [0.15, 0.2) is 6.07 Å². The third-order valence-electron chi connectivity index (χ3n) is 1.73. The molecular formula is C8H5F3N2O4. The van der Waals surface area contributed by atoms with Crippen molar-refractivity contribution in [2.45, 2.75) is 13.3 Å². The van der Waals surface area contributed by atoms with Gasteiger partial charge in [-0.1, -0.05) is 0 Å². The SMILES string of the molecule is Cc1nc(OC(F)(F)F)c([N+](=O)[O-])cc1C=O. The maximum atomic E-state index is 11.9. The molecule has 0 saturated carbocycles. The number of aryl methyl sites for hydroxylation is 1. The van der Waals surface area contributed by atoms with Gasteiger partial charge in [0.2, 0.25) is 0 Å². The minimum atomic E-state index is -5.09. The molecule has 1 rings (SSSR count). The van der Waals surface area contributed by atoms with E-state index in [0.717, 1.165) is 0 Å². The monoisotopic (exact) mass is 250 g/mol. The van der Waals surface area contributed by atoms with Gasteiger partial charge >= 0.3 is 17.9 Å². The fourth-order valence-corrected chi connectivity index (χ4v) is 1.02. The topological polar surface area (TPSA) is 82.3 Å². The number of carbonyl (C=O) groups is 1. The number of nitro groups is 1. The molecule has 0 atom stereocenters. The number of rotatable bonds is 3. The number of pyridine rings is 1. The molecule has 9 heteroatoms. The molecule has 0 saturated heterocycles. The molecule has 1 aromatic rings. The Hall–Kier alpha value is -2.19. The van der Waals surface area contributed by atoms with E-state index >= 15 is 0 Å². The van der Waals surface area contributed by atoms with Gasteiger partial charge in [0.05, 0.1) is 10.6 Å². The van der Waals surface area contributed by atoms with Crippen LogP contribution < -0.4 is 4.74 Å². The van der Waals surface area contributed by atoms with Gasteiger partial charge in [0, 0.05) is 11.6 Å². The molecule has 0 aromatic carbocycles. The molecule has 0 bridgehead atoms. The molecule has 1 heterocycles. The minimum absolute atomic E-state index is 0.0927. The summed E-state index contributed by atoms with van der Waals surface area (Å²) in [5.74, 6) is -1.19. The Morgan fingerprint density at radius 3 is 2.53 bits per heavy atom. The summed E-state index contributed by atoms with van der Waals surface area (Å²) < 4.78 is 39.2. The third kappa shape index (κ3) is 3.13. The first-order chi connectivity index (χ1) is 7.74. The van der Waals surface area contributed by atoms with Crippen LogP contribution in [0.3, 0.4) is 0 Å². The molecular weight excluding hydrogens is 245 g/mol. The Kier molecular flexibility index (Phi) is 3.30. The van der Waals surface area contributed by atoms with Gasteiger partial charge in [-0.05, 0) is 6.92 Å². The van der Waals surface area contributed by atoms with Crippen molar-refractivity contribution >= 4 is 12.0 Å². The van der Waals surface area contributed by atoms with Gasteiger partial charge in [-0.15, -0.1) is 13.2 Å². The number of ether oxygens (including phenoxy) is 1. The number of alkyl halides is 3. The first-order valence-electron chi connectivity index (χ1n) is 4.11. The quantitative estimate of drug-likeness (QED) is 0.465. The van der Waals surface area contributed by atoms with E-state index in [1.807, 2.05) is 0 Å². The second-order valence-corrected chi connectivity index (χ2v) is 2.91. The Morgan fingerprint density at radius 1 is 1.53 bits per heavy atom. The van der Waals surface area contributed by atoms with Gasteiger partial charge in [0.15, 0.2) is 6.29 Å². The average Bonchev–Trinajstić information content (AvgIpc) is 2.14. The van der Waals surface area contributed by atoms with E-state index < -0.39 is 22.9 Å². The van der Waals surface area contributed by atoms with Crippen molar-refractivity contribution < 1.29 is 27.6 Å². The van der Waals surface area contributed by atoms with Crippen molar-refractivity contribution in [3.05, 3.63) is 27.4 Å². The first-order valence-corrected chi connectivity index (χ1v) is 4.11. The van der Waals surface area contributed by atoms with Crippen molar-refractivity contribution in [2.75, 3.05) is 0 Å². The number of aromatic nitrogens is 1. The minimum Gasteiger partial charge on any atom is -0.381 e. The summed E-state index contributed by atoms with van der Waals surface area (Å²) in [5.41, 5.74) is -1.29. The summed E-state index contributed by atoms with van der Waals surface area (Å²) in [4.78, 5) is 23.1. The molecule has 0 aliphatic heterocycles. The smallest absolute Gasteiger partial charge is 0.381 e. The number of carbonyl (C=O) groups excluding carboxylic acids is 1. The Labute approximate surface area is 92.2 Å². The van der Waals surface area contributed by atoms with Crippen LogP contribution in [-0.4, -0.2) is 22.6 Å². The van der Waals surface area contributed by atoms with E-state index in [9.17, 15) is 28.1 Å². The molecule has 0 unspecified atom stereocenters. The standard InChI is InChI=1S/C8H5F3N2O4/c1-4-5(3-14)2-6(13(15)16)7(12-4)17-8(9,10)11/h2-3H,1H3. The summed E-state index contributed by atoms with van der Waals surface area (Å²) in [7, 11) is 0. The van der Waals surface area contributed by atoms with Gasteiger partial charge < -0.3 is 4.74 Å². The van der Waals surface area contributed by atoms with Crippen molar-refractivity contribution in [3.63, 3.8) is 0 Å². The molecule has 6 nitrogen and oxygen atoms in total.